The SMILES string of the molecule is CC(=O)Nc1ccc(F)c(NCC(=O)Nc2cccc(I)c2)c1. The second kappa shape index (κ2) is 7.91. The van der Waals surface area contributed by atoms with Crippen LogP contribution in [0.1, 0.15) is 6.92 Å². The number of hydrogen-bond donors (Lipinski definition) is 3. The van der Waals surface area contributed by atoms with Crippen LogP contribution in [-0.4, -0.2) is 18.4 Å². The summed E-state index contributed by atoms with van der Waals surface area (Å²) in [5.74, 6) is -1.04. The van der Waals surface area contributed by atoms with Crippen LogP contribution in [0.15, 0.2) is 42.5 Å². The van der Waals surface area contributed by atoms with Crippen molar-refractivity contribution in [1.82, 2.24) is 0 Å². The zero-order valence-corrected chi connectivity index (χ0v) is 14.5. The fourth-order valence-corrected chi connectivity index (χ4v) is 2.43. The molecular formula is C16H15FIN3O2. The Labute approximate surface area is 146 Å². The van der Waals surface area contributed by atoms with Gasteiger partial charge in [0.05, 0.1) is 12.2 Å². The van der Waals surface area contributed by atoms with Crippen LogP contribution in [-0.2, 0) is 9.59 Å². The molecule has 0 saturated carbocycles. The second-order valence-corrected chi connectivity index (χ2v) is 6.03. The minimum absolute atomic E-state index is 0.0914. The van der Waals surface area contributed by atoms with Crippen LogP contribution in [0.4, 0.5) is 21.5 Å². The third-order valence-electron chi connectivity index (χ3n) is 2.83. The summed E-state index contributed by atoms with van der Waals surface area (Å²) in [6, 6.07) is 11.5. The predicted octanol–water partition coefficient (Wildman–Crippen LogP) is 3.44. The number of nitrogens with one attached hydrogen (secondary N) is 3. The van der Waals surface area contributed by atoms with Crippen molar-refractivity contribution in [1.29, 1.82) is 0 Å². The standard InChI is InChI=1S/C16H15FIN3O2/c1-10(22)20-13-5-6-14(17)15(8-13)19-9-16(23)21-12-4-2-3-11(18)7-12/h2-8,19H,9H2,1H3,(H,20,22)(H,21,23). The van der Waals surface area contributed by atoms with Crippen LogP contribution in [0.2, 0.25) is 0 Å². The maximum atomic E-state index is 13.7. The van der Waals surface area contributed by atoms with E-state index in [1.165, 1.54) is 25.1 Å². The van der Waals surface area contributed by atoms with E-state index < -0.39 is 5.82 Å². The van der Waals surface area contributed by atoms with Gasteiger partial charge in [-0.25, -0.2) is 4.39 Å². The van der Waals surface area contributed by atoms with Crippen molar-refractivity contribution in [3.05, 3.63) is 51.9 Å². The highest BCUT2D eigenvalue weighted by Crippen LogP contribution is 2.19. The van der Waals surface area contributed by atoms with Gasteiger partial charge in [0.15, 0.2) is 0 Å². The van der Waals surface area contributed by atoms with Crippen molar-refractivity contribution >= 4 is 51.5 Å². The highest BCUT2D eigenvalue weighted by atomic mass is 127. The van der Waals surface area contributed by atoms with E-state index in [0.717, 1.165) is 3.57 Å². The Morgan fingerprint density at radius 2 is 1.83 bits per heavy atom. The number of hydrogen-bond acceptors (Lipinski definition) is 3. The summed E-state index contributed by atoms with van der Waals surface area (Å²) < 4.78 is 14.7. The van der Waals surface area contributed by atoms with Crippen molar-refractivity contribution in [2.75, 3.05) is 22.5 Å². The van der Waals surface area contributed by atoms with Crippen LogP contribution in [0.5, 0.6) is 0 Å². The zero-order valence-electron chi connectivity index (χ0n) is 12.3. The number of amides is 2. The Kier molecular flexibility index (Phi) is 5.91. The van der Waals surface area contributed by atoms with Crippen molar-refractivity contribution in [3.63, 3.8) is 0 Å². The number of benzene rings is 2. The first kappa shape index (κ1) is 17.2. The van der Waals surface area contributed by atoms with Gasteiger partial charge < -0.3 is 16.0 Å². The normalized spacial score (nSPS) is 10.0. The van der Waals surface area contributed by atoms with Gasteiger partial charge in [0.2, 0.25) is 11.8 Å². The van der Waals surface area contributed by atoms with Gasteiger partial charge in [-0.1, -0.05) is 6.07 Å². The molecule has 23 heavy (non-hydrogen) atoms. The maximum Gasteiger partial charge on any atom is 0.243 e. The van der Waals surface area contributed by atoms with E-state index in [1.807, 2.05) is 18.2 Å². The first-order valence-corrected chi connectivity index (χ1v) is 7.88. The smallest absolute Gasteiger partial charge is 0.243 e. The minimum atomic E-state index is -0.499. The summed E-state index contributed by atoms with van der Waals surface area (Å²) >= 11 is 2.15. The Balaban J connectivity index is 1.97. The fraction of sp³-hybridized carbons (Fsp3) is 0.125. The Morgan fingerprint density at radius 3 is 2.52 bits per heavy atom. The molecule has 120 valence electrons. The van der Waals surface area contributed by atoms with Crippen LogP contribution < -0.4 is 16.0 Å². The molecule has 2 amide bonds. The highest BCUT2D eigenvalue weighted by Gasteiger charge is 2.07. The topological polar surface area (TPSA) is 70.2 Å². The molecule has 2 aromatic rings. The van der Waals surface area contributed by atoms with Gasteiger partial charge in [0.1, 0.15) is 5.82 Å². The van der Waals surface area contributed by atoms with Crippen LogP contribution >= 0.6 is 22.6 Å². The lowest BCUT2D eigenvalue weighted by Crippen LogP contribution is -2.22. The Hall–Kier alpha value is -2.16. The summed E-state index contributed by atoms with van der Waals surface area (Å²) in [7, 11) is 0. The number of anilines is 3. The Morgan fingerprint density at radius 1 is 1.09 bits per heavy atom. The molecule has 2 rings (SSSR count). The molecule has 0 unspecified atom stereocenters. The second-order valence-electron chi connectivity index (χ2n) is 4.79. The fourth-order valence-electron chi connectivity index (χ4n) is 1.89. The third kappa shape index (κ3) is 5.51. The maximum absolute atomic E-state index is 13.7. The highest BCUT2D eigenvalue weighted by molar-refractivity contribution is 14.1. The molecule has 3 N–H and O–H groups in total. The molecule has 0 atom stereocenters. The van der Waals surface area contributed by atoms with Crippen LogP contribution in [0.3, 0.4) is 0 Å². The monoisotopic (exact) mass is 427 g/mol. The van der Waals surface area contributed by atoms with Crippen LogP contribution in [0, 0.1) is 9.39 Å². The van der Waals surface area contributed by atoms with Gasteiger partial charge in [-0.05, 0) is 59.0 Å². The van der Waals surface area contributed by atoms with Crippen molar-refractivity contribution in [3.8, 4) is 0 Å². The van der Waals surface area contributed by atoms with Gasteiger partial charge in [0, 0.05) is 21.9 Å². The quantitative estimate of drug-likeness (QED) is 0.641. The molecule has 2 aromatic carbocycles. The number of carbonyl (C=O) groups excluding carboxylic acids is 2. The average Bonchev–Trinajstić information content (AvgIpc) is 2.47. The summed E-state index contributed by atoms with van der Waals surface area (Å²) in [5, 5.41) is 8.00. The van der Waals surface area contributed by atoms with E-state index >= 15 is 0 Å². The van der Waals surface area contributed by atoms with E-state index in [0.29, 0.717) is 11.4 Å². The molecule has 0 aliphatic carbocycles. The molecule has 0 aliphatic rings. The summed E-state index contributed by atoms with van der Waals surface area (Å²) in [6.45, 7) is 1.27. The summed E-state index contributed by atoms with van der Waals surface area (Å²) in [6.07, 6.45) is 0. The van der Waals surface area contributed by atoms with Gasteiger partial charge in [-0.3, -0.25) is 9.59 Å². The van der Waals surface area contributed by atoms with Crippen LogP contribution in [0.25, 0.3) is 0 Å². The molecule has 5 nitrogen and oxygen atoms in total. The molecule has 0 heterocycles. The van der Waals surface area contributed by atoms with E-state index in [9.17, 15) is 14.0 Å². The van der Waals surface area contributed by atoms with Gasteiger partial charge in [-0.2, -0.15) is 0 Å². The first-order valence-electron chi connectivity index (χ1n) is 6.80. The van der Waals surface area contributed by atoms with E-state index in [2.05, 4.69) is 38.5 Å². The summed E-state index contributed by atoms with van der Waals surface area (Å²) in [4.78, 5) is 22.9. The summed E-state index contributed by atoms with van der Waals surface area (Å²) in [5.41, 5.74) is 1.28. The lowest BCUT2D eigenvalue weighted by Gasteiger charge is -2.10. The zero-order chi connectivity index (χ0) is 16.8. The minimum Gasteiger partial charge on any atom is -0.374 e. The molecular weight excluding hydrogens is 412 g/mol. The first-order chi connectivity index (χ1) is 10.9. The molecule has 0 aromatic heterocycles. The average molecular weight is 427 g/mol. The molecule has 0 radical (unpaired) electrons. The number of halogens is 2. The van der Waals surface area contributed by atoms with Gasteiger partial charge >= 0.3 is 0 Å². The van der Waals surface area contributed by atoms with E-state index in [4.69, 9.17) is 0 Å². The molecule has 0 fully saturated rings. The molecule has 0 bridgehead atoms. The third-order valence-corrected chi connectivity index (χ3v) is 3.51. The van der Waals surface area contributed by atoms with Gasteiger partial charge in [0.25, 0.3) is 0 Å². The largest absolute Gasteiger partial charge is 0.374 e. The van der Waals surface area contributed by atoms with E-state index in [1.54, 1.807) is 6.07 Å². The lowest BCUT2D eigenvalue weighted by molar-refractivity contribution is -0.115. The van der Waals surface area contributed by atoms with E-state index in [-0.39, 0.29) is 24.0 Å². The molecule has 0 aliphatic heterocycles. The molecule has 0 spiro atoms. The Bertz CT molecular complexity index is 737. The van der Waals surface area contributed by atoms with Crippen molar-refractivity contribution in [2.24, 2.45) is 0 Å². The predicted molar refractivity (Wildman–Crippen MR) is 97.0 cm³/mol. The number of rotatable bonds is 5. The lowest BCUT2D eigenvalue weighted by atomic mass is 10.2. The molecule has 0 saturated heterocycles. The van der Waals surface area contributed by atoms with Crippen molar-refractivity contribution < 1.29 is 14.0 Å². The van der Waals surface area contributed by atoms with Gasteiger partial charge in [-0.15, -0.1) is 0 Å². The number of carbonyl (C=O) groups is 2. The molecule has 7 heteroatoms. The van der Waals surface area contributed by atoms with Crippen molar-refractivity contribution in [2.45, 2.75) is 6.92 Å².